The van der Waals surface area contributed by atoms with Crippen LogP contribution in [0.4, 0.5) is 0 Å². The molecule has 0 bridgehead atoms. The van der Waals surface area contributed by atoms with E-state index in [9.17, 15) is 19.2 Å². The summed E-state index contributed by atoms with van der Waals surface area (Å²) < 4.78 is 0. The molecule has 0 aliphatic heterocycles. The van der Waals surface area contributed by atoms with Gasteiger partial charge in [0, 0.05) is 6.42 Å². The first kappa shape index (κ1) is 30.2. The summed E-state index contributed by atoms with van der Waals surface area (Å²) in [4.78, 5) is 44.9. The number of hydrogen-bond donors (Lipinski definition) is 1. The molecule has 1 N–H and O–H groups in total. The van der Waals surface area contributed by atoms with Gasteiger partial charge in [-0.15, -0.1) is 0 Å². The molecule has 7 heteroatoms. The average Bonchev–Trinajstić information content (AvgIpc) is 2.68. The number of rotatable bonds is 18. The van der Waals surface area contributed by atoms with E-state index in [1.165, 1.54) is 44.9 Å². The molecule has 162 valence electrons. The van der Waals surface area contributed by atoms with E-state index in [-0.39, 0.29) is 42.3 Å². The number of unbranched alkanes of at least 4 members (excludes halogenated alkanes) is 11. The van der Waals surface area contributed by atoms with Gasteiger partial charge in [0.15, 0.2) is 0 Å². The SMILES string of the molecule is CCCCCCCC/C=C\CCCCCCCC(=O)N(CC(=O)O)C(=O)C=O.[NaH]. The molecule has 0 radical (unpaired) electrons. The maximum absolute atomic E-state index is 11.9. The van der Waals surface area contributed by atoms with Crippen LogP contribution in [0.15, 0.2) is 12.2 Å². The van der Waals surface area contributed by atoms with Crippen molar-refractivity contribution in [1.82, 2.24) is 4.90 Å². The summed E-state index contributed by atoms with van der Waals surface area (Å²) in [6, 6.07) is 0. The molecule has 6 nitrogen and oxygen atoms in total. The number of allylic oxidation sites excluding steroid dienone is 2. The molecule has 0 heterocycles. The van der Waals surface area contributed by atoms with Gasteiger partial charge in [0.25, 0.3) is 5.91 Å². The number of aldehydes is 1. The van der Waals surface area contributed by atoms with E-state index in [0.717, 1.165) is 32.1 Å². The summed E-state index contributed by atoms with van der Waals surface area (Å²) in [5.74, 6) is -3.01. The van der Waals surface area contributed by atoms with Gasteiger partial charge in [-0.1, -0.05) is 70.4 Å². The fraction of sp³-hybridized carbons (Fsp3) is 0.727. The van der Waals surface area contributed by atoms with Crippen LogP contribution in [0.3, 0.4) is 0 Å². The van der Waals surface area contributed by atoms with Gasteiger partial charge in [-0.2, -0.15) is 0 Å². The van der Waals surface area contributed by atoms with Crippen molar-refractivity contribution < 1.29 is 24.3 Å². The summed E-state index contributed by atoms with van der Waals surface area (Å²) in [6.07, 6.45) is 19.4. The molecule has 0 fully saturated rings. The monoisotopic (exact) mass is 419 g/mol. The van der Waals surface area contributed by atoms with Gasteiger partial charge in [0.05, 0.1) is 0 Å². The van der Waals surface area contributed by atoms with E-state index in [4.69, 9.17) is 5.11 Å². The molecule has 0 aromatic rings. The molecule has 0 aromatic heterocycles. The number of carboxylic acids is 1. The van der Waals surface area contributed by atoms with Crippen LogP contribution in [0.1, 0.15) is 96.8 Å². The Morgan fingerprint density at radius 2 is 1.28 bits per heavy atom. The first-order valence-electron chi connectivity index (χ1n) is 10.7. The maximum atomic E-state index is 11.9. The Labute approximate surface area is 197 Å². The van der Waals surface area contributed by atoms with E-state index in [2.05, 4.69) is 19.1 Å². The van der Waals surface area contributed by atoms with E-state index < -0.39 is 24.3 Å². The molecule has 0 aromatic carbocycles. The van der Waals surface area contributed by atoms with Crippen LogP contribution in [-0.4, -0.2) is 70.2 Å². The Bertz CT molecular complexity index is 494. The summed E-state index contributed by atoms with van der Waals surface area (Å²) in [5.41, 5.74) is 0. The Kier molecular flexibility index (Phi) is 22.6. The standard InChI is InChI=1S/C22H37NO5.Na.H/c1-2-3-4-5-6-7-8-9-10-11-12-13-14-15-16-17-20(25)23(18-22(27)28)21(26)19-24;;/h9-10,19H,2-8,11-18H2,1H3,(H,27,28);;/b10-9-;;. The van der Waals surface area contributed by atoms with Gasteiger partial charge in [-0.3, -0.25) is 24.1 Å². The fourth-order valence-corrected chi connectivity index (χ4v) is 2.97. The van der Waals surface area contributed by atoms with Crippen molar-refractivity contribution in [2.24, 2.45) is 0 Å². The molecule has 0 aliphatic carbocycles. The number of amides is 2. The van der Waals surface area contributed by atoms with Gasteiger partial charge < -0.3 is 5.11 Å². The molecule has 0 spiro atoms. The molecule has 0 aliphatic rings. The van der Waals surface area contributed by atoms with Crippen LogP contribution in [-0.2, 0) is 19.2 Å². The summed E-state index contributed by atoms with van der Waals surface area (Å²) in [7, 11) is 0. The summed E-state index contributed by atoms with van der Waals surface area (Å²) >= 11 is 0. The minimum atomic E-state index is -1.31. The third-order valence-electron chi connectivity index (χ3n) is 4.61. The van der Waals surface area contributed by atoms with Gasteiger partial charge in [-0.05, 0) is 32.1 Å². The zero-order valence-corrected chi connectivity index (χ0v) is 17.4. The molecule has 0 rings (SSSR count). The van der Waals surface area contributed by atoms with Crippen LogP contribution in [0.2, 0.25) is 0 Å². The van der Waals surface area contributed by atoms with E-state index in [1.807, 2.05) is 0 Å². The Balaban J connectivity index is 0. The predicted octanol–water partition coefficient (Wildman–Crippen LogP) is 4.01. The number of carbonyl (C=O) groups is 4. The van der Waals surface area contributed by atoms with Crippen molar-refractivity contribution in [3.05, 3.63) is 12.2 Å². The average molecular weight is 420 g/mol. The summed E-state index contributed by atoms with van der Waals surface area (Å²) in [5, 5.41) is 8.71. The van der Waals surface area contributed by atoms with E-state index in [0.29, 0.717) is 11.3 Å². The van der Waals surface area contributed by atoms with Crippen molar-refractivity contribution in [2.45, 2.75) is 96.8 Å². The van der Waals surface area contributed by atoms with Crippen LogP contribution in [0.25, 0.3) is 0 Å². The zero-order chi connectivity index (χ0) is 21.0. The van der Waals surface area contributed by atoms with Crippen molar-refractivity contribution in [3.8, 4) is 0 Å². The predicted molar refractivity (Wildman–Crippen MR) is 117 cm³/mol. The third kappa shape index (κ3) is 18.8. The molecule has 0 unspecified atom stereocenters. The van der Waals surface area contributed by atoms with Crippen LogP contribution in [0, 0.1) is 0 Å². The normalized spacial score (nSPS) is 10.5. The number of hydrogen-bond acceptors (Lipinski definition) is 4. The number of nitrogens with zero attached hydrogens (tertiary/aromatic N) is 1. The zero-order valence-electron chi connectivity index (χ0n) is 17.4. The summed E-state index contributed by atoms with van der Waals surface area (Å²) in [6.45, 7) is 1.47. The molecule has 0 saturated heterocycles. The molecule has 0 atom stereocenters. The Hall–Kier alpha value is -0.980. The van der Waals surface area contributed by atoms with Crippen LogP contribution >= 0.6 is 0 Å². The van der Waals surface area contributed by atoms with Crippen molar-refractivity contribution >= 4 is 53.6 Å². The van der Waals surface area contributed by atoms with Crippen LogP contribution < -0.4 is 0 Å². The van der Waals surface area contributed by atoms with E-state index >= 15 is 0 Å². The molecule has 0 saturated carbocycles. The molecule has 29 heavy (non-hydrogen) atoms. The van der Waals surface area contributed by atoms with Crippen molar-refractivity contribution in [2.75, 3.05) is 6.54 Å². The topological polar surface area (TPSA) is 91.8 Å². The quantitative estimate of drug-likeness (QED) is 0.119. The fourth-order valence-electron chi connectivity index (χ4n) is 2.97. The Morgan fingerprint density at radius 3 is 1.76 bits per heavy atom. The van der Waals surface area contributed by atoms with Gasteiger partial charge in [-0.25, -0.2) is 0 Å². The Morgan fingerprint density at radius 1 is 0.793 bits per heavy atom. The second-order valence-corrected chi connectivity index (χ2v) is 7.16. The number of imide groups is 1. The second kappa shape index (κ2) is 21.7. The second-order valence-electron chi connectivity index (χ2n) is 7.16. The van der Waals surface area contributed by atoms with Gasteiger partial charge in [0.2, 0.25) is 12.2 Å². The molecular formula is C22H38NNaO5. The minimum absolute atomic E-state index is 0. The number of carbonyl (C=O) groups excluding carboxylic acids is 3. The molecular weight excluding hydrogens is 381 g/mol. The number of aliphatic carboxylic acids is 1. The van der Waals surface area contributed by atoms with Crippen molar-refractivity contribution in [1.29, 1.82) is 0 Å². The third-order valence-corrected chi connectivity index (χ3v) is 4.61. The van der Waals surface area contributed by atoms with Crippen molar-refractivity contribution in [3.63, 3.8) is 0 Å². The number of carboxylic acid groups (broad SMARTS) is 1. The van der Waals surface area contributed by atoms with Gasteiger partial charge in [0.1, 0.15) is 6.54 Å². The van der Waals surface area contributed by atoms with Crippen LogP contribution in [0.5, 0.6) is 0 Å². The molecule has 2 amide bonds. The van der Waals surface area contributed by atoms with Gasteiger partial charge >= 0.3 is 35.5 Å². The van der Waals surface area contributed by atoms with E-state index in [1.54, 1.807) is 0 Å². The first-order chi connectivity index (χ1) is 13.5. The first-order valence-corrected chi connectivity index (χ1v) is 10.7.